The molecule has 0 aliphatic rings. The first-order valence-electron chi connectivity index (χ1n) is 6.59. The number of nitrogens with one attached hydrogen (secondary N) is 1. The maximum Gasteiger partial charge on any atom is 0.0738 e. The van der Waals surface area contributed by atoms with Crippen LogP contribution in [0, 0.1) is 6.92 Å². The van der Waals surface area contributed by atoms with Crippen LogP contribution in [0.2, 0.25) is 0 Å². The van der Waals surface area contributed by atoms with E-state index in [-0.39, 0.29) is 0 Å². The van der Waals surface area contributed by atoms with Crippen molar-refractivity contribution in [3.63, 3.8) is 0 Å². The SMILES string of the molecule is CCCNC(COCC)Cc1c(Br)c(C)nn1C. The van der Waals surface area contributed by atoms with Crippen molar-refractivity contribution >= 4 is 15.9 Å². The van der Waals surface area contributed by atoms with Crippen LogP contribution in [0.15, 0.2) is 4.47 Å². The Morgan fingerprint density at radius 1 is 1.44 bits per heavy atom. The first kappa shape index (κ1) is 15.7. The van der Waals surface area contributed by atoms with E-state index >= 15 is 0 Å². The van der Waals surface area contributed by atoms with E-state index in [0.29, 0.717) is 6.04 Å². The first-order valence-corrected chi connectivity index (χ1v) is 7.38. The van der Waals surface area contributed by atoms with E-state index in [1.165, 1.54) is 5.69 Å². The van der Waals surface area contributed by atoms with Crippen LogP contribution in [0.3, 0.4) is 0 Å². The molecular formula is C13H24BrN3O. The fourth-order valence-corrected chi connectivity index (χ4v) is 2.43. The molecule has 5 heteroatoms. The zero-order valence-corrected chi connectivity index (χ0v) is 13.4. The highest BCUT2D eigenvalue weighted by molar-refractivity contribution is 9.10. The molecule has 1 heterocycles. The highest BCUT2D eigenvalue weighted by Gasteiger charge is 2.16. The highest BCUT2D eigenvalue weighted by Crippen LogP contribution is 2.21. The number of nitrogens with zero attached hydrogens (tertiary/aromatic N) is 2. The third kappa shape index (κ3) is 4.37. The maximum atomic E-state index is 5.54. The van der Waals surface area contributed by atoms with Gasteiger partial charge >= 0.3 is 0 Å². The van der Waals surface area contributed by atoms with Crippen LogP contribution >= 0.6 is 15.9 Å². The van der Waals surface area contributed by atoms with Gasteiger partial charge in [0.25, 0.3) is 0 Å². The number of halogens is 1. The molecule has 0 saturated heterocycles. The number of hydrogen-bond donors (Lipinski definition) is 1. The lowest BCUT2D eigenvalue weighted by Gasteiger charge is -2.18. The fourth-order valence-electron chi connectivity index (χ4n) is 1.93. The van der Waals surface area contributed by atoms with E-state index in [0.717, 1.165) is 42.8 Å². The van der Waals surface area contributed by atoms with Gasteiger partial charge in [-0.15, -0.1) is 0 Å². The van der Waals surface area contributed by atoms with Gasteiger partial charge in [0.2, 0.25) is 0 Å². The molecule has 0 aromatic carbocycles. The Morgan fingerprint density at radius 3 is 2.67 bits per heavy atom. The average Bonchev–Trinajstić information content (AvgIpc) is 2.58. The highest BCUT2D eigenvalue weighted by atomic mass is 79.9. The summed E-state index contributed by atoms with van der Waals surface area (Å²) in [5.41, 5.74) is 2.26. The van der Waals surface area contributed by atoms with Gasteiger partial charge < -0.3 is 10.1 Å². The number of hydrogen-bond acceptors (Lipinski definition) is 3. The van der Waals surface area contributed by atoms with Crippen molar-refractivity contribution in [1.82, 2.24) is 15.1 Å². The van der Waals surface area contributed by atoms with Crippen LogP contribution in [-0.4, -0.2) is 35.6 Å². The monoisotopic (exact) mass is 317 g/mol. The van der Waals surface area contributed by atoms with Crippen molar-refractivity contribution in [2.75, 3.05) is 19.8 Å². The summed E-state index contributed by atoms with van der Waals surface area (Å²) in [6.45, 7) is 8.75. The molecule has 104 valence electrons. The molecule has 0 radical (unpaired) electrons. The molecule has 0 fully saturated rings. The van der Waals surface area contributed by atoms with E-state index in [1.54, 1.807) is 0 Å². The van der Waals surface area contributed by atoms with Gasteiger partial charge in [0, 0.05) is 26.1 Å². The second kappa shape index (κ2) is 7.92. The maximum absolute atomic E-state index is 5.54. The lowest BCUT2D eigenvalue weighted by molar-refractivity contribution is 0.122. The molecule has 1 aromatic rings. The molecule has 18 heavy (non-hydrogen) atoms. The molecule has 0 aliphatic carbocycles. The van der Waals surface area contributed by atoms with Crippen LogP contribution in [0.4, 0.5) is 0 Å². The molecule has 1 atom stereocenters. The van der Waals surface area contributed by atoms with Crippen LogP contribution < -0.4 is 5.32 Å². The largest absolute Gasteiger partial charge is 0.380 e. The minimum Gasteiger partial charge on any atom is -0.380 e. The summed E-state index contributed by atoms with van der Waals surface area (Å²) in [6.07, 6.45) is 2.06. The standard InChI is InChI=1S/C13H24BrN3O/c1-5-7-15-11(9-18-6-2)8-12-13(14)10(3)16-17(12)4/h11,15H,5-9H2,1-4H3. The predicted octanol–water partition coefficient (Wildman–Crippen LogP) is 2.44. The van der Waals surface area contributed by atoms with Gasteiger partial charge in [-0.1, -0.05) is 6.92 Å². The van der Waals surface area contributed by atoms with Gasteiger partial charge in [-0.25, -0.2) is 0 Å². The van der Waals surface area contributed by atoms with Crippen LogP contribution in [-0.2, 0) is 18.2 Å². The third-order valence-electron chi connectivity index (χ3n) is 2.91. The summed E-state index contributed by atoms with van der Waals surface area (Å²) in [5, 5.41) is 7.95. The quantitative estimate of drug-likeness (QED) is 0.800. The summed E-state index contributed by atoms with van der Waals surface area (Å²) in [4.78, 5) is 0. The number of rotatable bonds is 8. The second-order valence-electron chi connectivity index (χ2n) is 4.48. The Bertz CT molecular complexity index is 357. The summed E-state index contributed by atoms with van der Waals surface area (Å²) >= 11 is 3.61. The minimum absolute atomic E-state index is 0.344. The molecule has 1 aromatic heterocycles. The van der Waals surface area contributed by atoms with E-state index in [9.17, 15) is 0 Å². The van der Waals surface area contributed by atoms with Crippen molar-refractivity contribution in [2.24, 2.45) is 7.05 Å². The summed E-state index contributed by atoms with van der Waals surface area (Å²) in [5.74, 6) is 0. The number of aromatic nitrogens is 2. The molecule has 4 nitrogen and oxygen atoms in total. The predicted molar refractivity (Wildman–Crippen MR) is 77.9 cm³/mol. The summed E-state index contributed by atoms with van der Waals surface area (Å²) in [7, 11) is 1.99. The van der Waals surface area contributed by atoms with E-state index < -0.39 is 0 Å². The topological polar surface area (TPSA) is 39.1 Å². The van der Waals surface area contributed by atoms with E-state index in [4.69, 9.17) is 4.74 Å². The minimum atomic E-state index is 0.344. The van der Waals surface area contributed by atoms with Gasteiger partial charge in [0.05, 0.1) is 22.5 Å². The molecule has 0 amide bonds. The van der Waals surface area contributed by atoms with Crippen LogP contribution in [0.25, 0.3) is 0 Å². The van der Waals surface area contributed by atoms with Crippen molar-refractivity contribution in [3.05, 3.63) is 15.9 Å². The second-order valence-corrected chi connectivity index (χ2v) is 5.28. The Balaban J connectivity index is 2.68. The zero-order valence-electron chi connectivity index (χ0n) is 11.8. The summed E-state index contributed by atoms with van der Waals surface area (Å²) in [6, 6.07) is 0.344. The van der Waals surface area contributed by atoms with Crippen molar-refractivity contribution in [3.8, 4) is 0 Å². The van der Waals surface area contributed by atoms with Crippen molar-refractivity contribution < 1.29 is 4.74 Å². The molecule has 1 unspecified atom stereocenters. The number of ether oxygens (including phenoxy) is 1. The smallest absolute Gasteiger partial charge is 0.0738 e. The normalized spacial score (nSPS) is 12.9. The Hall–Kier alpha value is -0.390. The molecule has 1 rings (SSSR count). The van der Waals surface area contributed by atoms with E-state index in [2.05, 4.69) is 33.3 Å². The lowest BCUT2D eigenvalue weighted by Crippen LogP contribution is -2.36. The molecule has 0 bridgehead atoms. The number of aryl methyl sites for hydroxylation is 2. The van der Waals surface area contributed by atoms with Gasteiger partial charge in [-0.3, -0.25) is 4.68 Å². The zero-order chi connectivity index (χ0) is 13.5. The van der Waals surface area contributed by atoms with E-state index in [1.807, 2.05) is 25.6 Å². The van der Waals surface area contributed by atoms with Gasteiger partial charge in [0.15, 0.2) is 0 Å². The molecule has 1 N–H and O–H groups in total. The van der Waals surface area contributed by atoms with Crippen LogP contribution in [0.5, 0.6) is 0 Å². The fraction of sp³-hybridized carbons (Fsp3) is 0.769. The average molecular weight is 318 g/mol. The van der Waals surface area contributed by atoms with Gasteiger partial charge in [-0.05, 0) is 42.7 Å². The first-order chi connectivity index (χ1) is 8.60. The summed E-state index contributed by atoms with van der Waals surface area (Å²) < 4.78 is 8.61. The lowest BCUT2D eigenvalue weighted by atomic mass is 10.1. The molecule has 0 saturated carbocycles. The Labute approximate surface area is 118 Å². The third-order valence-corrected chi connectivity index (χ3v) is 3.94. The van der Waals surface area contributed by atoms with Crippen LogP contribution in [0.1, 0.15) is 31.7 Å². The molecular weight excluding hydrogens is 294 g/mol. The van der Waals surface area contributed by atoms with Gasteiger partial charge in [-0.2, -0.15) is 5.10 Å². The Kier molecular flexibility index (Phi) is 6.89. The molecule has 0 aliphatic heterocycles. The molecule has 0 spiro atoms. The Morgan fingerprint density at radius 2 is 2.17 bits per heavy atom. The van der Waals surface area contributed by atoms with Gasteiger partial charge in [0.1, 0.15) is 0 Å². The van der Waals surface area contributed by atoms with Crippen molar-refractivity contribution in [1.29, 1.82) is 0 Å². The van der Waals surface area contributed by atoms with Crippen molar-refractivity contribution in [2.45, 2.75) is 39.7 Å².